The summed E-state index contributed by atoms with van der Waals surface area (Å²) in [6.45, 7) is 1.81. The van der Waals surface area contributed by atoms with Gasteiger partial charge in [0.25, 0.3) is 0 Å². The number of nitrogens with zero attached hydrogens (tertiary/aromatic N) is 2. The Morgan fingerprint density at radius 3 is 2.86 bits per heavy atom. The van der Waals surface area contributed by atoms with E-state index in [9.17, 15) is 8.42 Å². The van der Waals surface area contributed by atoms with Crippen molar-refractivity contribution in [2.45, 2.75) is 17.7 Å². The van der Waals surface area contributed by atoms with Gasteiger partial charge in [-0.3, -0.25) is 4.98 Å². The van der Waals surface area contributed by atoms with Gasteiger partial charge < -0.3 is 10.5 Å². The lowest BCUT2D eigenvalue weighted by Crippen LogP contribution is -2.35. The van der Waals surface area contributed by atoms with Crippen molar-refractivity contribution in [3.05, 3.63) is 24.0 Å². The monoisotopic (exact) mass is 329 g/mol. The number of aromatic nitrogens is 1. The lowest BCUT2D eigenvalue weighted by Gasteiger charge is -2.26. The van der Waals surface area contributed by atoms with E-state index >= 15 is 0 Å². The summed E-state index contributed by atoms with van der Waals surface area (Å²) in [7, 11) is -1.97. The summed E-state index contributed by atoms with van der Waals surface area (Å²) in [5, 5.41) is 0. The lowest BCUT2D eigenvalue weighted by atomic mass is 10.0. The molecule has 2 rings (SSSR count). The average molecular weight is 329 g/mol. The first-order valence-electron chi connectivity index (χ1n) is 6.71. The number of thiocarbonyl (C=S) groups is 1. The average Bonchev–Trinajstić information content (AvgIpc) is 2.48. The number of rotatable bonds is 5. The molecule has 0 aliphatic carbocycles. The van der Waals surface area contributed by atoms with Gasteiger partial charge in [0, 0.05) is 26.4 Å². The van der Waals surface area contributed by atoms with Gasteiger partial charge in [0.15, 0.2) is 0 Å². The number of hydrogen-bond acceptors (Lipinski definition) is 5. The van der Waals surface area contributed by atoms with Crippen molar-refractivity contribution in [1.29, 1.82) is 0 Å². The second-order valence-corrected chi connectivity index (χ2v) is 7.60. The summed E-state index contributed by atoms with van der Waals surface area (Å²) in [4.78, 5) is 4.26. The number of nitrogens with two attached hydrogens (primary N) is 1. The third-order valence-electron chi connectivity index (χ3n) is 3.47. The van der Waals surface area contributed by atoms with Gasteiger partial charge >= 0.3 is 0 Å². The van der Waals surface area contributed by atoms with Crippen LogP contribution in [0.5, 0.6) is 0 Å². The molecule has 0 radical (unpaired) electrons. The van der Waals surface area contributed by atoms with E-state index in [-0.39, 0.29) is 15.8 Å². The summed E-state index contributed by atoms with van der Waals surface area (Å²) in [5.74, 6) is 0.238. The Balaban J connectivity index is 2.10. The molecule has 1 aromatic heterocycles. The first-order chi connectivity index (χ1) is 9.91. The normalized spacial score (nSPS) is 19.6. The van der Waals surface area contributed by atoms with Crippen molar-refractivity contribution < 1.29 is 13.2 Å². The summed E-state index contributed by atoms with van der Waals surface area (Å²) < 4.78 is 31.7. The van der Waals surface area contributed by atoms with Crippen LogP contribution in [0, 0.1) is 5.92 Å². The Morgan fingerprint density at radius 1 is 1.57 bits per heavy atom. The van der Waals surface area contributed by atoms with E-state index in [1.54, 1.807) is 7.05 Å². The molecule has 1 aromatic rings. The van der Waals surface area contributed by atoms with Crippen LogP contribution in [0.3, 0.4) is 0 Å². The van der Waals surface area contributed by atoms with E-state index < -0.39 is 10.0 Å². The van der Waals surface area contributed by atoms with Gasteiger partial charge in [-0.1, -0.05) is 12.2 Å². The lowest BCUT2D eigenvalue weighted by molar-refractivity contribution is 0.0495. The van der Waals surface area contributed by atoms with E-state index in [1.807, 2.05) is 0 Å². The molecule has 1 atom stereocenters. The minimum Gasteiger partial charge on any atom is -0.388 e. The fraction of sp³-hybridized carbons (Fsp3) is 0.538. The van der Waals surface area contributed by atoms with Crippen LogP contribution >= 0.6 is 12.2 Å². The van der Waals surface area contributed by atoms with Crippen LogP contribution in [0.4, 0.5) is 0 Å². The quantitative estimate of drug-likeness (QED) is 0.803. The fourth-order valence-electron chi connectivity index (χ4n) is 2.27. The molecule has 6 nitrogen and oxygen atoms in total. The maximum absolute atomic E-state index is 12.5. The van der Waals surface area contributed by atoms with Crippen molar-refractivity contribution in [2.75, 3.05) is 26.8 Å². The fourth-order valence-corrected chi connectivity index (χ4v) is 3.59. The zero-order valence-electron chi connectivity index (χ0n) is 11.9. The molecule has 8 heteroatoms. The topological polar surface area (TPSA) is 85.5 Å². The largest absolute Gasteiger partial charge is 0.388 e. The number of pyridine rings is 1. The van der Waals surface area contributed by atoms with Crippen molar-refractivity contribution in [1.82, 2.24) is 9.29 Å². The molecule has 2 heterocycles. The van der Waals surface area contributed by atoms with Crippen LogP contribution in [0.15, 0.2) is 23.2 Å². The number of sulfonamides is 1. The molecule has 0 saturated carbocycles. The predicted octanol–water partition coefficient (Wildman–Crippen LogP) is 0.763. The van der Waals surface area contributed by atoms with Crippen molar-refractivity contribution in [3.8, 4) is 0 Å². The van der Waals surface area contributed by atoms with Gasteiger partial charge in [0.05, 0.1) is 12.3 Å². The van der Waals surface area contributed by atoms with Crippen molar-refractivity contribution >= 4 is 27.2 Å². The third kappa shape index (κ3) is 3.97. The summed E-state index contributed by atoms with van der Waals surface area (Å²) in [6.07, 6.45) is 3.25. The molecular formula is C13H19N3O3S2. The van der Waals surface area contributed by atoms with Gasteiger partial charge in [0.2, 0.25) is 10.0 Å². The standard InChI is InChI=1S/C13H19N3O3S2/c1-16(8-10-3-2-6-19-9-10)21(17,18)11-4-5-12(13(14)20)15-7-11/h4-5,7,10H,2-3,6,8-9H2,1H3,(H2,14,20). The highest BCUT2D eigenvalue weighted by molar-refractivity contribution is 7.89. The third-order valence-corrected chi connectivity index (χ3v) is 5.48. The van der Waals surface area contributed by atoms with E-state index in [4.69, 9.17) is 22.7 Å². The summed E-state index contributed by atoms with van der Waals surface area (Å²) in [5.41, 5.74) is 5.86. The van der Waals surface area contributed by atoms with Crippen LogP contribution in [0.2, 0.25) is 0 Å². The highest BCUT2D eigenvalue weighted by atomic mass is 32.2. The first kappa shape index (κ1) is 16.3. The Morgan fingerprint density at radius 2 is 2.33 bits per heavy atom. The zero-order valence-corrected chi connectivity index (χ0v) is 13.5. The van der Waals surface area contributed by atoms with Crippen LogP contribution in [0.25, 0.3) is 0 Å². The van der Waals surface area contributed by atoms with Gasteiger partial charge in [-0.2, -0.15) is 0 Å². The SMILES string of the molecule is CN(CC1CCCOC1)S(=O)(=O)c1ccc(C(N)=S)nc1. The van der Waals surface area contributed by atoms with Gasteiger partial charge in [-0.05, 0) is 30.9 Å². The van der Waals surface area contributed by atoms with Crippen LogP contribution in [-0.4, -0.2) is 49.5 Å². The minimum atomic E-state index is -3.55. The highest BCUT2D eigenvalue weighted by Crippen LogP contribution is 2.19. The second kappa shape index (κ2) is 6.78. The number of hydrogen-bond donors (Lipinski definition) is 1. The Hall–Kier alpha value is -1.09. The molecule has 1 unspecified atom stereocenters. The maximum Gasteiger partial charge on any atom is 0.244 e. The van der Waals surface area contributed by atoms with Crippen molar-refractivity contribution in [3.63, 3.8) is 0 Å². The first-order valence-corrected chi connectivity index (χ1v) is 8.56. The van der Waals surface area contributed by atoms with E-state index in [2.05, 4.69) is 4.98 Å². The van der Waals surface area contributed by atoms with E-state index in [0.717, 1.165) is 19.4 Å². The Labute approximate surface area is 130 Å². The van der Waals surface area contributed by atoms with Gasteiger partial charge in [-0.15, -0.1) is 0 Å². The molecule has 1 fully saturated rings. The molecule has 0 bridgehead atoms. The zero-order chi connectivity index (χ0) is 15.5. The molecule has 1 saturated heterocycles. The van der Waals surface area contributed by atoms with Crippen molar-refractivity contribution in [2.24, 2.45) is 11.7 Å². The molecule has 116 valence electrons. The van der Waals surface area contributed by atoms with E-state index in [0.29, 0.717) is 18.8 Å². The highest BCUT2D eigenvalue weighted by Gasteiger charge is 2.25. The summed E-state index contributed by atoms with van der Waals surface area (Å²) in [6, 6.07) is 3.00. The van der Waals surface area contributed by atoms with Gasteiger partial charge in [-0.25, -0.2) is 12.7 Å². The van der Waals surface area contributed by atoms with Crippen LogP contribution in [0.1, 0.15) is 18.5 Å². The Kier molecular flexibility index (Phi) is 5.26. The van der Waals surface area contributed by atoms with E-state index in [1.165, 1.54) is 22.6 Å². The molecule has 21 heavy (non-hydrogen) atoms. The predicted molar refractivity (Wildman–Crippen MR) is 83.5 cm³/mol. The van der Waals surface area contributed by atoms with Crippen LogP contribution in [-0.2, 0) is 14.8 Å². The van der Waals surface area contributed by atoms with Gasteiger partial charge in [0.1, 0.15) is 9.88 Å². The second-order valence-electron chi connectivity index (χ2n) is 5.11. The molecule has 1 aliphatic heterocycles. The molecule has 1 aliphatic rings. The number of ether oxygens (including phenoxy) is 1. The smallest absolute Gasteiger partial charge is 0.244 e. The van der Waals surface area contributed by atoms with Crippen LogP contribution < -0.4 is 5.73 Å². The summed E-state index contributed by atoms with van der Waals surface area (Å²) >= 11 is 4.80. The molecule has 2 N–H and O–H groups in total. The molecule has 0 spiro atoms. The molecule has 0 aromatic carbocycles. The minimum absolute atomic E-state index is 0.140. The maximum atomic E-state index is 12.5. The molecule has 0 amide bonds. The Bertz CT molecular complexity index is 596. The molecular weight excluding hydrogens is 310 g/mol.